The molecule has 0 aliphatic heterocycles. The van der Waals surface area contributed by atoms with E-state index in [-0.39, 0.29) is 18.3 Å². The maximum absolute atomic E-state index is 11.7. The van der Waals surface area contributed by atoms with Crippen LogP contribution in [-0.2, 0) is 0 Å². The van der Waals surface area contributed by atoms with E-state index in [4.69, 9.17) is 10.8 Å². The predicted molar refractivity (Wildman–Crippen MR) is 64.9 cm³/mol. The lowest BCUT2D eigenvalue weighted by atomic mass is 10.4. The lowest BCUT2D eigenvalue weighted by molar-refractivity contribution is 0.0956. The SMILES string of the molecule is CN(C)c1nc(N)c(C(=O)NCCCO)s1. The summed E-state index contributed by atoms with van der Waals surface area (Å²) in [4.78, 5) is 17.9. The summed E-state index contributed by atoms with van der Waals surface area (Å²) in [7, 11) is 3.68. The molecule has 0 aromatic carbocycles. The Morgan fingerprint density at radius 1 is 1.62 bits per heavy atom. The summed E-state index contributed by atoms with van der Waals surface area (Å²) >= 11 is 1.25. The molecule has 1 aromatic rings. The molecule has 4 N–H and O–H groups in total. The monoisotopic (exact) mass is 244 g/mol. The van der Waals surface area contributed by atoms with Gasteiger partial charge in [0, 0.05) is 27.2 Å². The molecule has 0 bridgehead atoms. The van der Waals surface area contributed by atoms with Gasteiger partial charge in [0.05, 0.1) is 0 Å². The van der Waals surface area contributed by atoms with Crippen molar-refractivity contribution in [1.29, 1.82) is 0 Å². The van der Waals surface area contributed by atoms with E-state index in [9.17, 15) is 4.79 Å². The molecule has 1 aromatic heterocycles. The van der Waals surface area contributed by atoms with Crippen LogP contribution in [0.25, 0.3) is 0 Å². The molecule has 0 atom stereocenters. The second-order valence-corrected chi connectivity index (χ2v) is 4.42. The van der Waals surface area contributed by atoms with Gasteiger partial charge in [-0.1, -0.05) is 11.3 Å². The number of carbonyl (C=O) groups is 1. The lowest BCUT2D eigenvalue weighted by Gasteiger charge is -2.05. The summed E-state index contributed by atoms with van der Waals surface area (Å²) in [6, 6.07) is 0. The molecule has 90 valence electrons. The van der Waals surface area contributed by atoms with E-state index >= 15 is 0 Å². The normalized spacial score (nSPS) is 10.2. The second kappa shape index (κ2) is 5.66. The minimum absolute atomic E-state index is 0.0569. The van der Waals surface area contributed by atoms with Crippen LogP contribution in [0.2, 0.25) is 0 Å². The summed E-state index contributed by atoms with van der Waals surface area (Å²) < 4.78 is 0. The van der Waals surface area contributed by atoms with E-state index in [1.54, 1.807) is 4.90 Å². The predicted octanol–water partition coefficient (Wildman–Crippen LogP) is -0.0965. The molecule has 0 aliphatic carbocycles. The number of nitrogens with one attached hydrogen (secondary N) is 1. The highest BCUT2D eigenvalue weighted by Crippen LogP contribution is 2.26. The molecular formula is C9H16N4O2S. The van der Waals surface area contributed by atoms with Gasteiger partial charge in [0.1, 0.15) is 10.7 Å². The molecule has 0 spiro atoms. The molecular weight excluding hydrogens is 228 g/mol. The first-order valence-electron chi connectivity index (χ1n) is 4.89. The van der Waals surface area contributed by atoms with Gasteiger partial charge in [-0.05, 0) is 6.42 Å². The molecule has 0 aliphatic rings. The lowest BCUT2D eigenvalue weighted by Crippen LogP contribution is -2.24. The Morgan fingerprint density at radius 2 is 2.31 bits per heavy atom. The average Bonchev–Trinajstić information content (AvgIpc) is 2.61. The van der Waals surface area contributed by atoms with Gasteiger partial charge in [0.2, 0.25) is 0 Å². The van der Waals surface area contributed by atoms with Crippen LogP contribution in [0.5, 0.6) is 0 Å². The van der Waals surface area contributed by atoms with Crippen molar-refractivity contribution in [3.05, 3.63) is 4.88 Å². The molecule has 1 heterocycles. The van der Waals surface area contributed by atoms with Gasteiger partial charge in [-0.15, -0.1) is 0 Å². The Bertz CT molecular complexity index is 364. The number of hydrogen-bond donors (Lipinski definition) is 3. The third-order valence-electron chi connectivity index (χ3n) is 1.85. The van der Waals surface area contributed by atoms with Crippen LogP contribution in [0, 0.1) is 0 Å². The molecule has 0 fully saturated rings. The minimum Gasteiger partial charge on any atom is -0.396 e. The number of aliphatic hydroxyl groups is 1. The van der Waals surface area contributed by atoms with Crippen molar-refractivity contribution < 1.29 is 9.90 Å². The highest BCUT2D eigenvalue weighted by atomic mass is 32.1. The maximum Gasteiger partial charge on any atom is 0.265 e. The number of rotatable bonds is 5. The van der Waals surface area contributed by atoms with Crippen molar-refractivity contribution >= 4 is 28.2 Å². The highest BCUT2D eigenvalue weighted by Gasteiger charge is 2.16. The fraction of sp³-hybridized carbons (Fsp3) is 0.556. The third-order valence-corrected chi connectivity index (χ3v) is 3.09. The Morgan fingerprint density at radius 3 is 2.81 bits per heavy atom. The number of hydrogen-bond acceptors (Lipinski definition) is 6. The van der Waals surface area contributed by atoms with Crippen molar-refractivity contribution in [2.45, 2.75) is 6.42 Å². The first kappa shape index (κ1) is 12.7. The molecule has 0 saturated carbocycles. The van der Waals surface area contributed by atoms with Crippen LogP contribution in [0.15, 0.2) is 0 Å². The van der Waals surface area contributed by atoms with Gasteiger partial charge in [-0.25, -0.2) is 4.98 Å². The van der Waals surface area contributed by atoms with Crippen molar-refractivity contribution in [2.75, 3.05) is 37.9 Å². The number of amides is 1. The molecule has 0 unspecified atom stereocenters. The van der Waals surface area contributed by atoms with E-state index < -0.39 is 0 Å². The summed E-state index contributed by atoms with van der Waals surface area (Å²) in [5, 5.41) is 12.0. The number of nitrogen functional groups attached to an aromatic ring is 1. The zero-order valence-electron chi connectivity index (χ0n) is 9.36. The molecule has 6 nitrogen and oxygen atoms in total. The first-order chi connectivity index (χ1) is 7.56. The number of thiazole rings is 1. The molecule has 1 rings (SSSR count). The highest BCUT2D eigenvalue weighted by molar-refractivity contribution is 7.18. The smallest absolute Gasteiger partial charge is 0.265 e. The second-order valence-electron chi connectivity index (χ2n) is 3.44. The van der Waals surface area contributed by atoms with Gasteiger partial charge < -0.3 is 21.1 Å². The fourth-order valence-corrected chi connectivity index (χ4v) is 1.86. The van der Waals surface area contributed by atoms with Crippen molar-refractivity contribution in [2.24, 2.45) is 0 Å². The van der Waals surface area contributed by atoms with Crippen molar-refractivity contribution in [3.8, 4) is 0 Å². The Balaban J connectivity index is 2.68. The standard InChI is InChI=1S/C9H16N4O2S/c1-13(2)9-12-7(10)6(16-9)8(15)11-4-3-5-14/h14H,3-5,10H2,1-2H3,(H,11,15). The molecule has 7 heteroatoms. The quantitative estimate of drug-likeness (QED) is 0.629. The van der Waals surface area contributed by atoms with Gasteiger partial charge >= 0.3 is 0 Å². The Kier molecular flexibility index (Phi) is 4.51. The van der Waals surface area contributed by atoms with Gasteiger partial charge in [0.15, 0.2) is 5.13 Å². The first-order valence-corrected chi connectivity index (χ1v) is 5.70. The maximum atomic E-state index is 11.7. The van der Waals surface area contributed by atoms with Gasteiger partial charge in [0.25, 0.3) is 5.91 Å². The van der Waals surface area contributed by atoms with Crippen LogP contribution >= 0.6 is 11.3 Å². The van der Waals surface area contributed by atoms with Crippen LogP contribution in [0.4, 0.5) is 10.9 Å². The van der Waals surface area contributed by atoms with E-state index in [1.807, 2.05) is 14.1 Å². The zero-order chi connectivity index (χ0) is 12.1. The number of nitrogens with two attached hydrogens (primary N) is 1. The molecule has 0 radical (unpaired) electrons. The molecule has 1 amide bonds. The third kappa shape index (κ3) is 3.07. The van der Waals surface area contributed by atoms with Gasteiger partial charge in [-0.2, -0.15) is 0 Å². The van der Waals surface area contributed by atoms with Crippen LogP contribution < -0.4 is 16.0 Å². The fourth-order valence-electron chi connectivity index (χ4n) is 1.04. The summed E-state index contributed by atoms with van der Waals surface area (Å²) in [5.41, 5.74) is 5.65. The Labute approximate surface area is 98.1 Å². The zero-order valence-corrected chi connectivity index (χ0v) is 10.2. The number of aliphatic hydroxyl groups excluding tert-OH is 1. The number of carbonyl (C=O) groups excluding carboxylic acids is 1. The van der Waals surface area contributed by atoms with Crippen molar-refractivity contribution in [1.82, 2.24) is 10.3 Å². The number of aromatic nitrogens is 1. The number of anilines is 2. The molecule has 0 saturated heterocycles. The average molecular weight is 244 g/mol. The van der Waals surface area contributed by atoms with Crippen molar-refractivity contribution in [3.63, 3.8) is 0 Å². The summed E-state index contributed by atoms with van der Waals surface area (Å²) in [6.45, 7) is 0.491. The topological polar surface area (TPSA) is 91.5 Å². The minimum atomic E-state index is -0.239. The van der Waals surface area contributed by atoms with Crippen LogP contribution in [-0.4, -0.2) is 43.2 Å². The van der Waals surface area contributed by atoms with E-state index in [0.29, 0.717) is 23.0 Å². The van der Waals surface area contributed by atoms with E-state index in [1.165, 1.54) is 11.3 Å². The summed E-state index contributed by atoms with van der Waals surface area (Å²) in [6.07, 6.45) is 0.533. The van der Waals surface area contributed by atoms with E-state index in [2.05, 4.69) is 10.3 Å². The largest absolute Gasteiger partial charge is 0.396 e. The van der Waals surface area contributed by atoms with Crippen LogP contribution in [0.1, 0.15) is 16.1 Å². The Hall–Kier alpha value is -1.34. The van der Waals surface area contributed by atoms with E-state index in [0.717, 1.165) is 0 Å². The molecule has 16 heavy (non-hydrogen) atoms. The van der Waals surface area contributed by atoms with Crippen LogP contribution in [0.3, 0.4) is 0 Å². The summed E-state index contributed by atoms with van der Waals surface area (Å²) in [5.74, 6) is 0.00625. The van der Waals surface area contributed by atoms with Gasteiger partial charge in [-0.3, -0.25) is 4.79 Å². The number of nitrogens with zero attached hydrogens (tertiary/aromatic N) is 2.